The zero-order valence-corrected chi connectivity index (χ0v) is 16.6. The van der Waals surface area contributed by atoms with Crippen molar-refractivity contribution >= 4 is 23.6 Å². The van der Waals surface area contributed by atoms with Gasteiger partial charge in [-0.25, -0.2) is 9.59 Å². The molecule has 3 aromatic rings. The van der Waals surface area contributed by atoms with Crippen molar-refractivity contribution in [3.05, 3.63) is 101 Å². The number of ketones is 1. The van der Waals surface area contributed by atoms with Crippen LogP contribution >= 0.6 is 0 Å². The van der Waals surface area contributed by atoms with Crippen LogP contribution in [0.5, 0.6) is 5.75 Å². The molecule has 0 aliphatic carbocycles. The van der Waals surface area contributed by atoms with Gasteiger partial charge >= 0.3 is 11.9 Å². The topological polar surface area (TPSA) is 110 Å². The van der Waals surface area contributed by atoms with E-state index in [4.69, 9.17) is 4.74 Å². The maximum absolute atomic E-state index is 12.7. The van der Waals surface area contributed by atoms with Gasteiger partial charge in [0.15, 0.2) is 5.78 Å². The Balaban J connectivity index is 1.82. The van der Waals surface area contributed by atoms with Gasteiger partial charge in [0.05, 0.1) is 11.1 Å². The Bertz CT molecular complexity index is 1150. The summed E-state index contributed by atoms with van der Waals surface area (Å²) in [5.74, 6) is -3.24. The van der Waals surface area contributed by atoms with E-state index >= 15 is 0 Å². The van der Waals surface area contributed by atoms with Crippen molar-refractivity contribution in [1.29, 1.82) is 0 Å². The molecule has 0 saturated heterocycles. The number of Topliss-reactive ketones (excluding diaryl/α,β-unsaturated/α-hetero) is 1. The summed E-state index contributed by atoms with van der Waals surface area (Å²) in [4.78, 5) is 48.4. The lowest BCUT2D eigenvalue weighted by molar-refractivity contribution is 0.0679. The van der Waals surface area contributed by atoms with Crippen LogP contribution in [0.15, 0.2) is 72.8 Å². The minimum absolute atomic E-state index is 0.0138. The van der Waals surface area contributed by atoms with Crippen LogP contribution in [-0.2, 0) is 6.54 Å². The first kappa shape index (κ1) is 21.4. The summed E-state index contributed by atoms with van der Waals surface area (Å²) in [5.41, 5.74) is 0.832. The lowest BCUT2D eigenvalue weighted by atomic mass is 10.1. The summed E-state index contributed by atoms with van der Waals surface area (Å²) in [7, 11) is 0. The Kier molecular flexibility index (Phi) is 6.57. The standard InChI is InChI=1S/C24H19NO6/c1-15(26)17-11-12-21(20(13-17)23(28)29)31-24(30)19-10-6-5-9-18(19)22(27)25-14-16-7-3-2-4-8-16/h2-13H,14H2,1H3,(H,25,27)(H,28,29). The number of aromatic carboxylic acids is 1. The van der Waals surface area contributed by atoms with E-state index in [2.05, 4.69) is 5.32 Å². The molecule has 0 aliphatic heterocycles. The maximum Gasteiger partial charge on any atom is 0.344 e. The van der Waals surface area contributed by atoms with Gasteiger partial charge in [-0.3, -0.25) is 9.59 Å². The number of carbonyl (C=O) groups excluding carboxylic acids is 3. The molecule has 7 heteroatoms. The van der Waals surface area contributed by atoms with E-state index < -0.39 is 17.8 Å². The third kappa shape index (κ3) is 5.22. The zero-order valence-electron chi connectivity index (χ0n) is 16.6. The number of esters is 1. The van der Waals surface area contributed by atoms with Crippen LogP contribution in [0.3, 0.4) is 0 Å². The summed E-state index contributed by atoms with van der Waals surface area (Å²) in [5, 5.41) is 12.2. The molecule has 3 rings (SSSR count). The van der Waals surface area contributed by atoms with Gasteiger partial charge in [0, 0.05) is 12.1 Å². The molecule has 0 atom stereocenters. The fourth-order valence-corrected chi connectivity index (χ4v) is 2.89. The predicted octanol–water partition coefficient (Wildman–Crippen LogP) is 3.74. The number of rotatable bonds is 7. The van der Waals surface area contributed by atoms with Crippen molar-refractivity contribution in [2.45, 2.75) is 13.5 Å². The lowest BCUT2D eigenvalue weighted by Gasteiger charge is -2.12. The highest BCUT2D eigenvalue weighted by Crippen LogP contribution is 2.23. The third-order valence-electron chi connectivity index (χ3n) is 4.51. The highest BCUT2D eigenvalue weighted by atomic mass is 16.5. The Labute approximate surface area is 178 Å². The van der Waals surface area contributed by atoms with E-state index in [-0.39, 0.29) is 40.3 Å². The van der Waals surface area contributed by atoms with Crippen molar-refractivity contribution in [3.8, 4) is 5.75 Å². The number of nitrogens with one attached hydrogen (secondary N) is 1. The molecule has 0 spiro atoms. The van der Waals surface area contributed by atoms with Crippen LogP contribution in [0.1, 0.15) is 53.9 Å². The largest absolute Gasteiger partial charge is 0.478 e. The normalized spacial score (nSPS) is 10.2. The summed E-state index contributed by atoms with van der Waals surface area (Å²) in [6.07, 6.45) is 0. The van der Waals surface area contributed by atoms with Crippen molar-refractivity contribution in [1.82, 2.24) is 5.32 Å². The SMILES string of the molecule is CC(=O)c1ccc(OC(=O)c2ccccc2C(=O)NCc2ccccc2)c(C(=O)O)c1. The second kappa shape index (κ2) is 9.49. The second-order valence-electron chi connectivity index (χ2n) is 6.68. The van der Waals surface area contributed by atoms with Gasteiger partial charge in [0.1, 0.15) is 11.3 Å². The Morgan fingerprint density at radius 1 is 0.839 bits per heavy atom. The number of benzene rings is 3. The molecule has 7 nitrogen and oxygen atoms in total. The van der Waals surface area contributed by atoms with Gasteiger partial charge in [-0.05, 0) is 42.8 Å². The van der Waals surface area contributed by atoms with Crippen LogP contribution < -0.4 is 10.1 Å². The van der Waals surface area contributed by atoms with E-state index in [0.717, 1.165) is 11.6 Å². The van der Waals surface area contributed by atoms with E-state index in [0.29, 0.717) is 0 Å². The fraction of sp³-hybridized carbons (Fsp3) is 0.0833. The Hall–Kier alpha value is -4.26. The molecule has 0 aromatic heterocycles. The average molecular weight is 417 g/mol. The molecule has 0 radical (unpaired) electrons. The van der Waals surface area contributed by atoms with Crippen molar-refractivity contribution in [2.75, 3.05) is 0 Å². The number of carboxylic acids is 1. The van der Waals surface area contributed by atoms with Crippen LogP contribution in [0.2, 0.25) is 0 Å². The minimum atomic E-state index is -1.35. The number of hydrogen-bond donors (Lipinski definition) is 2. The quantitative estimate of drug-likeness (QED) is 0.344. The van der Waals surface area contributed by atoms with Crippen LogP contribution in [0.4, 0.5) is 0 Å². The zero-order chi connectivity index (χ0) is 22.4. The molecule has 2 N–H and O–H groups in total. The van der Waals surface area contributed by atoms with Crippen LogP contribution in [-0.4, -0.2) is 28.7 Å². The molecule has 0 bridgehead atoms. The molecule has 0 heterocycles. The molecule has 0 unspecified atom stereocenters. The smallest absolute Gasteiger partial charge is 0.344 e. The number of carbonyl (C=O) groups is 4. The first-order valence-corrected chi connectivity index (χ1v) is 9.38. The molecule has 3 aromatic carbocycles. The van der Waals surface area contributed by atoms with Gasteiger partial charge in [-0.15, -0.1) is 0 Å². The monoisotopic (exact) mass is 417 g/mol. The van der Waals surface area contributed by atoms with Gasteiger partial charge in [-0.2, -0.15) is 0 Å². The van der Waals surface area contributed by atoms with E-state index in [9.17, 15) is 24.3 Å². The predicted molar refractivity (Wildman–Crippen MR) is 112 cm³/mol. The third-order valence-corrected chi connectivity index (χ3v) is 4.51. The summed E-state index contributed by atoms with van der Waals surface area (Å²) in [6, 6.07) is 19.1. The summed E-state index contributed by atoms with van der Waals surface area (Å²) < 4.78 is 5.27. The van der Waals surface area contributed by atoms with Gasteiger partial charge < -0.3 is 15.2 Å². The second-order valence-corrected chi connectivity index (χ2v) is 6.68. The van der Waals surface area contributed by atoms with E-state index in [1.807, 2.05) is 30.3 Å². The van der Waals surface area contributed by atoms with Crippen LogP contribution in [0.25, 0.3) is 0 Å². The molecular weight excluding hydrogens is 398 g/mol. The summed E-state index contributed by atoms with van der Waals surface area (Å²) in [6.45, 7) is 1.58. The van der Waals surface area contributed by atoms with Gasteiger partial charge in [-0.1, -0.05) is 42.5 Å². The minimum Gasteiger partial charge on any atom is -0.478 e. The van der Waals surface area contributed by atoms with Gasteiger partial charge in [0.25, 0.3) is 5.91 Å². The van der Waals surface area contributed by atoms with Crippen molar-refractivity contribution < 1.29 is 29.0 Å². The average Bonchev–Trinajstić information content (AvgIpc) is 2.78. The van der Waals surface area contributed by atoms with Gasteiger partial charge in [0.2, 0.25) is 0 Å². The van der Waals surface area contributed by atoms with E-state index in [1.54, 1.807) is 12.1 Å². The number of hydrogen-bond acceptors (Lipinski definition) is 5. The highest BCUT2D eigenvalue weighted by molar-refractivity contribution is 6.06. The fourth-order valence-electron chi connectivity index (χ4n) is 2.89. The Morgan fingerprint density at radius 2 is 1.48 bits per heavy atom. The molecule has 156 valence electrons. The van der Waals surface area contributed by atoms with E-state index in [1.165, 1.54) is 31.2 Å². The Morgan fingerprint density at radius 3 is 2.13 bits per heavy atom. The van der Waals surface area contributed by atoms with Crippen molar-refractivity contribution in [2.24, 2.45) is 0 Å². The highest BCUT2D eigenvalue weighted by Gasteiger charge is 2.21. The maximum atomic E-state index is 12.7. The molecule has 0 saturated carbocycles. The molecule has 0 aliphatic rings. The number of carboxylic acid groups (broad SMARTS) is 1. The molecular formula is C24H19NO6. The number of ether oxygens (including phenoxy) is 1. The van der Waals surface area contributed by atoms with Crippen LogP contribution in [0, 0.1) is 0 Å². The molecule has 31 heavy (non-hydrogen) atoms. The lowest BCUT2D eigenvalue weighted by Crippen LogP contribution is -2.26. The molecule has 0 fully saturated rings. The number of amides is 1. The van der Waals surface area contributed by atoms with Crippen molar-refractivity contribution in [3.63, 3.8) is 0 Å². The molecule has 1 amide bonds. The first-order chi connectivity index (χ1) is 14.9. The first-order valence-electron chi connectivity index (χ1n) is 9.38. The summed E-state index contributed by atoms with van der Waals surface area (Å²) >= 11 is 0.